The Bertz CT molecular complexity index is 825. The van der Waals surface area contributed by atoms with Gasteiger partial charge in [0.1, 0.15) is 11.8 Å². The summed E-state index contributed by atoms with van der Waals surface area (Å²) in [6.07, 6.45) is 0.585. The second-order valence-corrected chi connectivity index (χ2v) is 7.22. The molecule has 0 heterocycles. The van der Waals surface area contributed by atoms with Crippen molar-refractivity contribution in [3.63, 3.8) is 0 Å². The second-order valence-electron chi connectivity index (χ2n) is 6.81. The van der Waals surface area contributed by atoms with Crippen LogP contribution >= 0.6 is 11.6 Å². The molecule has 2 N–H and O–H groups in total. The standard InChI is InChI=1S/C20H24ClN3O4/c1-13(2)10-19(23-18-9-6-15(24(26)27)11-17(18)21)20(25)22-12-14-4-7-16(28-3)8-5-14/h4-9,11,13,19,23H,10,12H2,1-3H3,(H,22,25). The van der Waals surface area contributed by atoms with Crippen LogP contribution < -0.4 is 15.4 Å². The Morgan fingerprint density at radius 2 is 1.89 bits per heavy atom. The highest BCUT2D eigenvalue weighted by Crippen LogP contribution is 2.28. The number of nitro benzene ring substituents is 1. The van der Waals surface area contributed by atoms with Gasteiger partial charge in [-0.3, -0.25) is 14.9 Å². The highest BCUT2D eigenvalue weighted by atomic mass is 35.5. The van der Waals surface area contributed by atoms with Crippen molar-refractivity contribution in [2.75, 3.05) is 12.4 Å². The molecule has 0 fully saturated rings. The maximum atomic E-state index is 12.7. The molecule has 1 amide bonds. The normalized spacial score (nSPS) is 11.8. The third-order valence-corrected chi connectivity index (χ3v) is 4.46. The van der Waals surface area contributed by atoms with Crippen LogP contribution in [0.25, 0.3) is 0 Å². The molecule has 2 aromatic rings. The molecule has 7 nitrogen and oxygen atoms in total. The molecule has 0 spiro atoms. The van der Waals surface area contributed by atoms with E-state index in [1.54, 1.807) is 7.11 Å². The molecule has 0 aliphatic heterocycles. The van der Waals surface area contributed by atoms with Crippen molar-refractivity contribution < 1.29 is 14.5 Å². The lowest BCUT2D eigenvalue weighted by atomic mass is 10.0. The highest BCUT2D eigenvalue weighted by molar-refractivity contribution is 6.33. The zero-order valence-electron chi connectivity index (χ0n) is 16.1. The molecule has 0 saturated carbocycles. The minimum absolute atomic E-state index is 0.0973. The molecule has 2 rings (SSSR count). The van der Waals surface area contributed by atoms with Gasteiger partial charge in [-0.1, -0.05) is 37.6 Å². The molecule has 1 atom stereocenters. The van der Waals surface area contributed by atoms with Crippen molar-refractivity contribution in [1.82, 2.24) is 5.32 Å². The highest BCUT2D eigenvalue weighted by Gasteiger charge is 2.21. The quantitative estimate of drug-likeness (QED) is 0.476. The average Bonchev–Trinajstić information content (AvgIpc) is 2.66. The number of non-ortho nitro benzene ring substituents is 1. The second kappa shape index (κ2) is 9.94. The third-order valence-electron chi connectivity index (χ3n) is 4.14. The van der Waals surface area contributed by atoms with E-state index in [0.29, 0.717) is 18.7 Å². The predicted octanol–water partition coefficient (Wildman–Crippen LogP) is 4.40. The van der Waals surface area contributed by atoms with Crippen molar-refractivity contribution in [1.29, 1.82) is 0 Å². The van der Waals surface area contributed by atoms with E-state index in [1.165, 1.54) is 18.2 Å². The number of benzene rings is 2. The van der Waals surface area contributed by atoms with E-state index in [2.05, 4.69) is 10.6 Å². The van der Waals surface area contributed by atoms with Crippen molar-refractivity contribution in [3.05, 3.63) is 63.2 Å². The number of carbonyl (C=O) groups excluding carboxylic acids is 1. The number of halogens is 1. The zero-order valence-corrected chi connectivity index (χ0v) is 16.8. The number of nitro groups is 1. The molecule has 8 heteroatoms. The van der Waals surface area contributed by atoms with Gasteiger partial charge in [-0.2, -0.15) is 0 Å². The average molecular weight is 406 g/mol. The molecular weight excluding hydrogens is 382 g/mol. The summed E-state index contributed by atoms with van der Waals surface area (Å²) in [5, 5.41) is 17.1. The van der Waals surface area contributed by atoms with E-state index < -0.39 is 11.0 Å². The number of nitrogens with zero attached hydrogens (tertiary/aromatic N) is 1. The van der Waals surface area contributed by atoms with Crippen LogP contribution in [0.3, 0.4) is 0 Å². The number of carbonyl (C=O) groups is 1. The summed E-state index contributed by atoms with van der Waals surface area (Å²) in [5.74, 6) is 0.849. The van der Waals surface area contributed by atoms with Gasteiger partial charge >= 0.3 is 0 Å². The molecule has 0 aliphatic rings. The number of nitrogens with one attached hydrogen (secondary N) is 2. The van der Waals surface area contributed by atoms with Crippen molar-refractivity contribution in [3.8, 4) is 5.75 Å². The summed E-state index contributed by atoms with van der Waals surface area (Å²) in [6, 6.07) is 11.1. The molecule has 150 valence electrons. The fraction of sp³-hybridized carbons (Fsp3) is 0.350. The van der Waals surface area contributed by atoms with Gasteiger partial charge in [0.05, 0.1) is 22.7 Å². The molecule has 2 aromatic carbocycles. The lowest BCUT2D eigenvalue weighted by Gasteiger charge is -2.22. The summed E-state index contributed by atoms with van der Waals surface area (Å²) < 4.78 is 5.13. The van der Waals surface area contributed by atoms with Gasteiger partial charge in [0.25, 0.3) is 5.69 Å². The van der Waals surface area contributed by atoms with Crippen molar-refractivity contribution in [2.45, 2.75) is 32.9 Å². The molecular formula is C20H24ClN3O4. The molecule has 1 unspecified atom stereocenters. The number of hydrogen-bond acceptors (Lipinski definition) is 5. The number of amides is 1. The number of ether oxygens (including phenoxy) is 1. The first-order valence-corrected chi connectivity index (χ1v) is 9.29. The molecule has 0 radical (unpaired) electrons. The summed E-state index contributed by atoms with van der Waals surface area (Å²) in [5.41, 5.74) is 1.34. The van der Waals surface area contributed by atoms with E-state index in [1.807, 2.05) is 38.1 Å². The molecule has 0 aliphatic carbocycles. The molecule has 0 saturated heterocycles. The van der Waals surface area contributed by atoms with Crippen molar-refractivity contribution in [2.24, 2.45) is 5.92 Å². The predicted molar refractivity (Wildman–Crippen MR) is 110 cm³/mol. The van der Waals surface area contributed by atoms with Gasteiger partial charge in [0, 0.05) is 18.7 Å². The number of hydrogen-bond donors (Lipinski definition) is 2. The minimum Gasteiger partial charge on any atom is -0.497 e. The maximum absolute atomic E-state index is 12.7. The number of anilines is 1. The van der Waals surface area contributed by atoms with Gasteiger partial charge < -0.3 is 15.4 Å². The Morgan fingerprint density at radius 3 is 2.43 bits per heavy atom. The monoisotopic (exact) mass is 405 g/mol. The van der Waals surface area contributed by atoms with Crippen molar-refractivity contribution >= 4 is 28.9 Å². The Hall–Kier alpha value is -2.80. The van der Waals surface area contributed by atoms with Gasteiger partial charge in [-0.15, -0.1) is 0 Å². The Balaban J connectivity index is 2.07. The van der Waals surface area contributed by atoms with Crippen LogP contribution in [0.4, 0.5) is 11.4 Å². The van der Waals surface area contributed by atoms with Crippen LogP contribution in [0, 0.1) is 16.0 Å². The first-order chi connectivity index (χ1) is 13.3. The first-order valence-electron chi connectivity index (χ1n) is 8.91. The lowest BCUT2D eigenvalue weighted by molar-refractivity contribution is -0.384. The Morgan fingerprint density at radius 1 is 1.21 bits per heavy atom. The van der Waals surface area contributed by atoms with Crippen LogP contribution in [0.5, 0.6) is 5.75 Å². The minimum atomic E-state index is -0.516. The van der Waals surface area contributed by atoms with E-state index in [4.69, 9.17) is 16.3 Å². The van der Waals surface area contributed by atoms with Crippen LogP contribution in [-0.2, 0) is 11.3 Å². The van der Waals surface area contributed by atoms with Crippen LogP contribution in [0.15, 0.2) is 42.5 Å². The molecule has 28 heavy (non-hydrogen) atoms. The van der Waals surface area contributed by atoms with E-state index in [9.17, 15) is 14.9 Å². The Kier molecular flexibility index (Phi) is 7.63. The molecule has 0 bridgehead atoms. The topological polar surface area (TPSA) is 93.5 Å². The van der Waals surface area contributed by atoms with Gasteiger partial charge in [-0.05, 0) is 36.1 Å². The fourth-order valence-electron chi connectivity index (χ4n) is 2.68. The molecule has 0 aromatic heterocycles. The smallest absolute Gasteiger partial charge is 0.271 e. The van der Waals surface area contributed by atoms with Gasteiger partial charge in [0.15, 0.2) is 0 Å². The van der Waals surface area contributed by atoms with Crippen LogP contribution in [0.1, 0.15) is 25.8 Å². The fourth-order valence-corrected chi connectivity index (χ4v) is 2.91. The van der Waals surface area contributed by atoms with E-state index in [0.717, 1.165) is 11.3 Å². The van der Waals surface area contributed by atoms with Crippen LogP contribution in [0.2, 0.25) is 5.02 Å². The number of rotatable bonds is 9. The Labute approximate surface area is 169 Å². The summed E-state index contributed by atoms with van der Waals surface area (Å²) in [6.45, 7) is 4.42. The van der Waals surface area contributed by atoms with E-state index >= 15 is 0 Å². The SMILES string of the molecule is COc1ccc(CNC(=O)C(CC(C)C)Nc2ccc([N+](=O)[O-])cc2Cl)cc1. The zero-order chi connectivity index (χ0) is 20.7. The maximum Gasteiger partial charge on any atom is 0.271 e. The van der Waals surface area contributed by atoms with Crippen LogP contribution in [-0.4, -0.2) is 24.0 Å². The largest absolute Gasteiger partial charge is 0.497 e. The first kappa shape index (κ1) is 21.5. The summed E-state index contributed by atoms with van der Waals surface area (Å²) >= 11 is 6.15. The van der Waals surface area contributed by atoms with Gasteiger partial charge in [-0.25, -0.2) is 0 Å². The summed E-state index contributed by atoms with van der Waals surface area (Å²) in [4.78, 5) is 23.1. The lowest BCUT2D eigenvalue weighted by Crippen LogP contribution is -2.40. The summed E-state index contributed by atoms with van der Waals surface area (Å²) in [7, 11) is 1.60. The third kappa shape index (κ3) is 6.13. The van der Waals surface area contributed by atoms with Gasteiger partial charge in [0.2, 0.25) is 5.91 Å². The van der Waals surface area contributed by atoms with E-state index in [-0.39, 0.29) is 22.5 Å². The number of methoxy groups -OCH3 is 1.